The lowest BCUT2D eigenvalue weighted by Crippen LogP contribution is -1.85. The second-order valence-electron chi connectivity index (χ2n) is 4.28. The Hall–Kier alpha value is -2.68. The van der Waals surface area contributed by atoms with Gasteiger partial charge in [0.25, 0.3) is 0 Å². The molecule has 9 heteroatoms. The van der Waals surface area contributed by atoms with E-state index >= 15 is 0 Å². The Morgan fingerprint density at radius 2 is 1.76 bits per heavy atom. The first-order valence-electron chi connectivity index (χ1n) is 5.80. The molecule has 21 heavy (non-hydrogen) atoms. The van der Waals surface area contributed by atoms with E-state index in [0.29, 0.717) is 17.0 Å². The normalized spacial score (nSPS) is 11.0. The summed E-state index contributed by atoms with van der Waals surface area (Å²) in [5.41, 5.74) is 2.07. The van der Waals surface area contributed by atoms with Crippen molar-refractivity contribution in [2.24, 2.45) is 10.2 Å². The third-order valence-corrected chi connectivity index (χ3v) is 3.62. The van der Waals surface area contributed by atoms with Gasteiger partial charge in [-0.3, -0.25) is 20.2 Å². The Morgan fingerprint density at radius 3 is 2.33 bits per heavy atom. The highest BCUT2D eigenvalue weighted by Gasteiger charge is 2.25. The molecule has 0 fully saturated rings. The number of nitrogens with zero attached hydrogens (tertiary/aromatic N) is 4. The van der Waals surface area contributed by atoms with Gasteiger partial charge in [0.15, 0.2) is 0 Å². The van der Waals surface area contributed by atoms with Gasteiger partial charge in [-0.05, 0) is 36.8 Å². The first-order chi connectivity index (χ1) is 9.88. The van der Waals surface area contributed by atoms with E-state index in [0.717, 1.165) is 17.2 Å². The standard InChI is InChI=1S/C12H10N4O4S/c1-7-3-4-9(8(2)5-7)13-14-12-10(15(17)18)6-11(21-12)16(19)20/h3-6H,1-2H3. The largest absolute Gasteiger partial charge is 0.333 e. The zero-order chi connectivity index (χ0) is 15.6. The number of aryl methyl sites for hydroxylation is 2. The van der Waals surface area contributed by atoms with E-state index in [9.17, 15) is 20.2 Å². The van der Waals surface area contributed by atoms with Crippen LogP contribution in [0, 0.1) is 34.1 Å². The molecule has 0 unspecified atom stereocenters. The number of azo groups is 1. The summed E-state index contributed by atoms with van der Waals surface area (Å²) in [5, 5.41) is 28.8. The van der Waals surface area contributed by atoms with Crippen molar-refractivity contribution in [1.29, 1.82) is 0 Å². The van der Waals surface area contributed by atoms with E-state index in [4.69, 9.17) is 0 Å². The molecule has 0 atom stereocenters. The van der Waals surface area contributed by atoms with Gasteiger partial charge in [-0.15, -0.1) is 10.2 Å². The Labute approximate surface area is 123 Å². The lowest BCUT2D eigenvalue weighted by atomic mass is 10.1. The van der Waals surface area contributed by atoms with E-state index in [1.165, 1.54) is 0 Å². The summed E-state index contributed by atoms with van der Waals surface area (Å²) in [6.45, 7) is 3.77. The lowest BCUT2D eigenvalue weighted by Gasteiger charge is -1.99. The highest BCUT2D eigenvalue weighted by atomic mass is 32.1. The third-order valence-electron chi connectivity index (χ3n) is 2.66. The lowest BCUT2D eigenvalue weighted by molar-refractivity contribution is -0.389. The zero-order valence-corrected chi connectivity index (χ0v) is 12.0. The van der Waals surface area contributed by atoms with Crippen molar-refractivity contribution >= 4 is 32.7 Å². The predicted octanol–water partition coefficient (Wildman–Crippen LogP) is 4.60. The molecule has 0 saturated heterocycles. The maximum atomic E-state index is 10.9. The third kappa shape index (κ3) is 3.26. The van der Waals surface area contributed by atoms with Crippen LogP contribution in [0.5, 0.6) is 0 Å². The van der Waals surface area contributed by atoms with Gasteiger partial charge in [0.05, 0.1) is 15.5 Å². The number of hydrogen-bond acceptors (Lipinski definition) is 7. The number of rotatable bonds is 4. The average molecular weight is 306 g/mol. The molecule has 108 valence electrons. The van der Waals surface area contributed by atoms with Crippen molar-refractivity contribution in [3.63, 3.8) is 0 Å². The SMILES string of the molecule is Cc1ccc(N=Nc2sc([N+](=O)[O-])cc2[N+](=O)[O-])c(C)c1. The summed E-state index contributed by atoms with van der Waals surface area (Å²) in [4.78, 5) is 20.1. The topological polar surface area (TPSA) is 111 Å². The second kappa shape index (κ2) is 5.75. The second-order valence-corrected chi connectivity index (χ2v) is 5.29. The summed E-state index contributed by atoms with van der Waals surface area (Å²) in [6, 6.07) is 6.37. The van der Waals surface area contributed by atoms with Crippen LogP contribution in [0.15, 0.2) is 34.5 Å². The van der Waals surface area contributed by atoms with Gasteiger partial charge in [-0.2, -0.15) is 0 Å². The predicted molar refractivity (Wildman–Crippen MR) is 77.7 cm³/mol. The highest BCUT2D eigenvalue weighted by Crippen LogP contribution is 2.42. The van der Waals surface area contributed by atoms with Crippen molar-refractivity contribution in [1.82, 2.24) is 0 Å². The van der Waals surface area contributed by atoms with Crippen LogP contribution in [0.2, 0.25) is 0 Å². The Kier molecular flexibility index (Phi) is 4.03. The first-order valence-corrected chi connectivity index (χ1v) is 6.61. The molecule has 0 aliphatic heterocycles. The van der Waals surface area contributed by atoms with E-state index in [-0.39, 0.29) is 10.0 Å². The summed E-state index contributed by atoms with van der Waals surface area (Å²) < 4.78 is 0. The fourth-order valence-corrected chi connectivity index (χ4v) is 2.43. The molecule has 0 spiro atoms. The Balaban J connectivity index is 2.40. The molecule has 0 bridgehead atoms. The minimum absolute atomic E-state index is 0.0910. The van der Waals surface area contributed by atoms with Crippen LogP contribution in [0.25, 0.3) is 0 Å². The van der Waals surface area contributed by atoms with Crippen molar-refractivity contribution < 1.29 is 9.85 Å². The van der Waals surface area contributed by atoms with Crippen LogP contribution >= 0.6 is 11.3 Å². The molecule has 1 aromatic heterocycles. The van der Waals surface area contributed by atoms with Crippen LogP contribution in [0.4, 0.5) is 21.4 Å². The Morgan fingerprint density at radius 1 is 1.05 bits per heavy atom. The van der Waals surface area contributed by atoms with Gasteiger partial charge in [-0.25, -0.2) is 0 Å². The van der Waals surface area contributed by atoms with Gasteiger partial charge in [0.2, 0.25) is 5.00 Å². The highest BCUT2D eigenvalue weighted by molar-refractivity contribution is 7.19. The summed E-state index contributed by atoms with van der Waals surface area (Å²) in [7, 11) is 0. The number of thiophene rings is 1. The molecule has 2 rings (SSSR count). The van der Waals surface area contributed by atoms with Gasteiger partial charge >= 0.3 is 10.7 Å². The molecule has 0 aliphatic rings. The maximum absolute atomic E-state index is 10.9. The molecule has 0 saturated carbocycles. The number of hydrogen-bond donors (Lipinski definition) is 0. The monoisotopic (exact) mass is 306 g/mol. The number of nitro groups is 2. The zero-order valence-electron chi connectivity index (χ0n) is 11.1. The molecule has 0 radical (unpaired) electrons. The summed E-state index contributed by atoms with van der Waals surface area (Å²) in [6.07, 6.45) is 0. The van der Waals surface area contributed by atoms with Gasteiger partial charge in [0, 0.05) is 0 Å². The number of benzene rings is 1. The van der Waals surface area contributed by atoms with E-state index < -0.39 is 15.5 Å². The fraction of sp³-hybridized carbons (Fsp3) is 0.167. The maximum Gasteiger partial charge on any atom is 0.333 e. The Bertz CT molecular complexity index is 754. The average Bonchev–Trinajstić information content (AvgIpc) is 2.82. The van der Waals surface area contributed by atoms with E-state index in [1.807, 2.05) is 26.0 Å². The summed E-state index contributed by atoms with van der Waals surface area (Å²) in [5.74, 6) is 0. The van der Waals surface area contributed by atoms with Gasteiger partial charge in [-0.1, -0.05) is 17.7 Å². The molecule has 0 N–H and O–H groups in total. The molecule has 0 aliphatic carbocycles. The minimum Gasteiger partial charge on any atom is -0.258 e. The summed E-state index contributed by atoms with van der Waals surface area (Å²) >= 11 is 0.623. The van der Waals surface area contributed by atoms with Crippen molar-refractivity contribution in [3.8, 4) is 0 Å². The quantitative estimate of drug-likeness (QED) is 0.467. The molecule has 0 amide bonds. The molecule has 8 nitrogen and oxygen atoms in total. The minimum atomic E-state index is -0.708. The molecular weight excluding hydrogens is 296 g/mol. The fourth-order valence-electron chi connectivity index (χ4n) is 1.67. The molecule has 1 heterocycles. The van der Waals surface area contributed by atoms with Crippen molar-refractivity contribution in [2.75, 3.05) is 0 Å². The van der Waals surface area contributed by atoms with Gasteiger partial charge in [0.1, 0.15) is 6.07 Å². The van der Waals surface area contributed by atoms with Crippen molar-refractivity contribution in [2.45, 2.75) is 13.8 Å². The smallest absolute Gasteiger partial charge is 0.258 e. The van der Waals surface area contributed by atoms with E-state index in [2.05, 4.69) is 10.2 Å². The van der Waals surface area contributed by atoms with Crippen molar-refractivity contribution in [3.05, 3.63) is 55.6 Å². The molecule has 1 aromatic carbocycles. The van der Waals surface area contributed by atoms with Crippen LogP contribution in [0.1, 0.15) is 11.1 Å². The van der Waals surface area contributed by atoms with E-state index in [1.54, 1.807) is 6.07 Å². The van der Waals surface area contributed by atoms with Crippen LogP contribution in [-0.4, -0.2) is 9.85 Å². The van der Waals surface area contributed by atoms with Gasteiger partial charge < -0.3 is 0 Å². The molecule has 2 aromatic rings. The van der Waals surface area contributed by atoms with Crippen LogP contribution < -0.4 is 0 Å². The first kappa shape index (κ1) is 14.7. The molecular formula is C12H10N4O4S. The van der Waals surface area contributed by atoms with Crippen LogP contribution in [-0.2, 0) is 0 Å². The van der Waals surface area contributed by atoms with Crippen LogP contribution in [0.3, 0.4) is 0 Å².